The molecule has 2 aromatic carbocycles. The van der Waals surface area contributed by atoms with Crippen LogP contribution < -0.4 is 0 Å². The molecule has 2 unspecified atom stereocenters. The Kier molecular flexibility index (Phi) is 33.9. The van der Waals surface area contributed by atoms with Gasteiger partial charge in [-0.3, -0.25) is 47.7 Å². The van der Waals surface area contributed by atoms with Crippen molar-refractivity contribution in [3.63, 3.8) is 0 Å². The molecule has 1 fully saturated rings. The SMILES string of the molecule is O=C(O)CN(CCN(CC(=O)O)CC(COP(=O)(O)OC1CCC(c2ccccc2)(c2ccccc2)CC1)N(CC(=O)O)CC(=O)O)CC(=O)O.[Ca].[Na].[Na].[Na].[Na]. The summed E-state index contributed by atoms with van der Waals surface area (Å²) in [5, 5.41) is 46.8. The zero-order valence-electron chi connectivity index (χ0n) is 32.6. The Bertz CT molecular complexity index is 1480. The standard InChI is InChI=1S/C33H44N3O14P.Ca.4Na/c37-28(38)18-34(15-16-35(19-29(39)40)20-30(41)42)17-26(36(21-31(43)44)22-32(45)46)23-49-51(47,48)50-27-11-13-33(14-12-27,24-7-3-1-4-8-24)25-9-5-2-6-10-25;;;;;/h1-10,26-27H,11-23H2,(H,37,38)(H,39,40)(H,41,42)(H,43,44)(H,45,46)(H,47,48);;;;;. The number of aliphatic carboxylic acids is 5. The van der Waals surface area contributed by atoms with Crippen molar-refractivity contribution in [1.82, 2.24) is 14.7 Å². The normalized spacial score (nSPS) is 15.0. The number of rotatable bonds is 23. The van der Waals surface area contributed by atoms with E-state index in [0.29, 0.717) is 25.7 Å². The van der Waals surface area contributed by atoms with Crippen molar-refractivity contribution in [1.29, 1.82) is 0 Å². The molecule has 3 rings (SSSR count). The number of hydrogen-bond donors (Lipinski definition) is 6. The van der Waals surface area contributed by atoms with Crippen molar-refractivity contribution in [2.75, 3.05) is 59.0 Å². The van der Waals surface area contributed by atoms with Gasteiger partial charge in [0.1, 0.15) is 0 Å². The van der Waals surface area contributed by atoms with Crippen molar-refractivity contribution in [3.05, 3.63) is 71.8 Å². The molecule has 2 aromatic rings. The summed E-state index contributed by atoms with van der Waals surface area (Å²) in [6.45, 7) is -5.40. The van der Waals surface area contributed by atoms with E-state index in [4.69, 9.17) is 19.3 Å². The fraction of sp³-hybridized carbons (Fsp3) is 0.485. The topological polar surface area (TPSA) is 252 Å². The van der Waals surface area contributed by atoms with Crippen LogP contribution in [0.1, 0.15) is 36.8 Å². The third kappa shape index (κ3) is 22.2. The second-order valence-electron chi connectivity index (χ2n) is 12.4. The first-order valence-corrected chi connectivity index (χ1v) is 17.6. The Morgan fingerprint density at radius 3 is 1.43 bits per heavy atom. The minimum atomic E-state index is -4.84. The average molecular weight is 870 g/mol. The molecule has 0 heterocycles. The van der Waals surface area contributed by atoms with Crippen molar-refractivity contribution in [2.45, 2.75) is 43.2 Å². The number of carbonyl (C=O) groups is 5. The smallest absolute Gasteiger partial charge is 0.472 e. The van der Waals surface area contributed by atoms with Gasteiger partial charge >= 0.3 is 37.7 Å². The molecule has 286 valence electrons. The predicted molar refractivity (Wildman–Crippen MR) is 208 cm³/mol. The molecule has 0 saturated heterocycles. The van der Waals surface area contributed by atoms with Gasteiger partial charge in [0, 0.05) is 187 Å². The average Bonchev–Trinajstić information content (AvgIpc) is 3.05. The van der Waals surface area contributed by atoms with Crippen LogP contribution in [-0.4, -0.2) is 302 Å². The van der Waals surface area contributed by atoms with Gasteiger partial charge in [-0.15, -0.1) is 0 Å². The monoisotopic (exact) mass is 869 g/mol. The predicted octanol–water partition coefficient (Wildman–Crippen LogP) is -0.157. The molecule has 0 bridgehead atoms. The molecule has 1 aliphatic rings. The molecular weight excluding hydrogens is 825 g/mol. The van der Waals surface area contributed by atoms with E-state index in [1.54, 1.807) is 0 Å². The van der Waals surface area contributed by atoms with Crippen LogP contribution in [0.5, 0.6) is 0 Å². The van der Waals surface area contributed by atoms with Crippen molar-refractivity contribution in [3.8, 4) is 0 Å². The van der Waals surface area contributed by atoms with Crippen LogP contribution in [0.25, 0.3) is 0 Å². The second-order valence-corrected chi connectivity index (χ2v) is 13.8. The Labute approximate surface area is 444 Å². The first kappa shape index (κ1) is 61.3. The number of carboxylic acid groups (broad SMARTS) is 5. The quantitative estimate of drug-likeness (QED) is 0.0627. The minimum Gasteiger partial charge on any atom is -0.480 e. The number of hydrogen-bond acceptors (Lipinski definition) is 11. The van der Waals surface area contributed by atoms with E-state index in [0.717, 1.165) is 20.9 Å². The molecule has 1 saturated carbocycles. The summed E-state index contributed by atoms with van der Waals surface area (Å²) in [5.41, 5.74) is 1.83. The van der Waals surface area contributed by atoms with Crippen molar-refractivity contribution >= 4 is 194 Å². The van der Waals surface area contributed by atoms with E-state index in [-0.39, 0.29) is 174 Å². The number of nitrogens with zero attached hydrogens (tertiary/aromatic N) is 3. The van der Waals surface area contributed by atoms with Gasteiger partial charge in [0.05, 0.1) is 45.4 Å². The van der Waals surface area contributed by atoms with E-state index in [2.05, 4.69) is 0 Å². The Morgan fingerprint density at radius 1 is 0.661 bits per heavy atom. The molecule has 0 amide bonds. The maximum absolute atomic E-state index is 13.3. The van der Waals surface area contributed by atoms with E-state index in [9.17, 15) is 48.8 Å². The Balaban J connectivity index is -0.00000562. The number of benzene rings is 2. The summed E-state index contributed by atoms with van der Waals surface area (Å²) >= 11 is 0. The summed E-state index contributed by atoms with van der Waals surface area (Å²) < 4.78 is 24.2. The summed E-state index contributed by atoms with van der Waals surface area (Å²) in [6, 6.07) is 18.5. The molecule has 6 N–H and O–H groups in total. The molecule has 0 spiro atoms. The molecular formula is C33H44CaN3Na4O14P. The van der Waals surface area contributed by atoms with Crippen LogP contribution >= 0.6 is 7.82 Å². The van der Waals surface area contributed by atoms with E-state index in [1.165, 1.54) is 4.90 Å². The van der Waals surface area contributed by atoms with Gasteiger partial charge in [0.15, 0.2) is 0 Å². The number of phosphoric acid groups is 1. The van der Waals surface area contributed by atoms with Crippen LogP contribution in [0.3, 0.4) is 0 Å². The molecule has 2 atom stereocenters. The molecule has 17 nitrogen and oxygen atoms in total. The Morgan fingerprint density at radius 2 is 1.04 bits per heavy atom. The van der Waals surface area contributed by atoms with Gasteiger partial charge in [-0.05, 0) is 36.8 Å². The zero-order valence-corrected chi connectivity index (χ0v) is 43.7. The summed E-state index contributed by atoms with van der Waals surface area (Å²) in [4.78, 5) is 71.4. The molecule has 56 heavy (non-hydrogen) atoms. The van der Waals surface area contributed by atoms with E-state index < -0.39 is 95.7 Å². The minimum absolute atomic E-state index is 0. The summed E-state index contributed by atoms with van der Waals surface area (Å²) in [6.07, 6.45) is 1.27. The zero-order chi connectivity index (χ0) is 37.6. The fourth-order valence-corrected chi connectivity index (χ4v) is 7.39. The van der Waals surface area contributed by atoms with Gasteiger partial charge in [0.2, 0.25) is 0 Å². The van der Waals surface area contributed by atoms with E-state index >= 15 is 0 Å². The van der Waals surface area contributed by atoms with E-state index in [1.807, 2.05) is 60.7 Å². The number of carboxylic acids is 5. The van der Waals surface area contributed by atoms with Gasteiger partial charge in [-0.2, -0.15) is 0 Å². The Hall–Kier alpha value is 1.04. The summed E-state index contributed by atoms with van der Waals surface area (Å²) in [5.74, 6) is -6.89. The first-order valence-electron chi connectivity index (χ1n) is 16.1. The van der Waals surface area contributed by atoms with Gasteiger partial charge in [0.25, 0.3) is 0 Å². The third-order valence-electron chi connectivity index (χ3n) is 8.62. The fourth-order valence-electron chi connectivity index (χ4n) is 6.39. The summed E-state index contributed by atoms with van der Waals surface area (Å²) in [7, 11) is -4.84. The van der Waals surface area contributed by atoms with Crippen LogP contribution in [0.15, 0.2) is 60.7 Å². The maximum Gasteiger partial charge on any atom is 0.472 e. The molecule has 0 aliphatic heterocycles. The van der Waals surface area contributed by atoms with Crippen LogP contribution in [-0.2, 0) is 43.0 Å². The van der Waals surface area contributed by atoms with Crippen LogP contribution in [0.4, 0.5) is 0 Å². The molecule has 0 aromatic heterocycles. The molecule has 6 radical (unpaired) electrons. The van der Waals surface area contributed by atoms with Crippen molar-refractivity contribution < 1.29 is 68.0 Å². The maximum atomic E-state index is 13.3. The largest absolute Gasteiger partial charge is 0.480 e. The molecule has 1 aliphatic carbocycles. The van der Waals surface area contributed by atoms with Gasteiger partial charge in [-0.1, -0.05) is 60.7 Å². The van der Waals surface area contributed by atoms with Crippen molar-refractivity contribution in [2.24, 2.45) is 0 Å². The van der Waals surface area contributed by atoms with Gasteiger partial charge < -0.3 is 30.4 Å². The number of phosphoric ester groups is 1. The first-order chi connectivity index (χ1) is 24.1. The van der Waals surface area contributed by atoms with Crippen LogP contribution in [0.2, 0.25) is 0 Å². The third-order valence-corrected chi connectivity index (χ3v) is 9.66. The molecule has 23 heteroatoms. The van der Waals surface area contributed by atoms with Crippen LogP contribution in [0, 0.1) is 0 Å². The second kappa shape index (κ2) is 31.0. The van der Waals surface area contributed by atoms with Gasteiger partial charge in [-0.25, -0.2) is 4.57 Å².